The van der Waals surface area contributed by atoms with Crippen LogP contribution in [-0.4, -0.2) is 30.9 Å². The van der Waals surface area contributed by atoms with Gasteiger partial charge >= 0.3 is 0 Å². The summed E-state index contributed by atoms with van der Waals surface area (Å²) in [5, 5.41) is 0.367. The van der Waals surface area contributed by atoms with Gasteiger partial charge in [0.05, 0.1) is 24.9 Å². The lowest BCUT2D eigenvalue weighted by atomic mass is 9.69. The second kappa shape index (κ2) is 8.00. The predicted octanol–water partition coefficient (Wildman–Crippen LogP) is 4.92. The molecule has 0 saturated heterocycles. The molecule has 7 heteroatoms. The number of Topliss-reactive ketones (excluding diaryl/α,β-unsaturated/α-hetero) is 1. The number of ether oxygens (including phenoxy) is 2. The highest BCUT2D eigenvalue weighted by atomic mass is 35.5. The minimum Gasteiger partial charge on any atom is -0.495 e. The van der Waals surface area contributed by atoms with Crippen LogP contribution in [0.5, 0.6) is 11.5 Å². The van der Waals surface area contributed by atoms with Crippen molar-refractivity contribution < 1.29 is 19.1 Å². The summed E-state index contributed by atoms with van der Waals surface area (Å²) >= 11 is 6.40. The molecule has 0 fully saturated rings. The number of carbonyl (C=O) groups is 2. The fourth-order valence-corrected chi connectivity index (χ4v) is 4.83. The maximum absolute atomic E-state index is 13.5. The summed E-state index contributed by atoms with van der Waals surface area (Å²) in [5.41, 5.74) is 2.59. The maximum atomic E-state index is 13.5. The molecule has 0 bridgehead atoms. The largest absolute Gasteiger partial charge is 0.495 e. The highest BCUT2D eigenvalue weighted by Gasteiger charge is 2.45. The number of amides is 1. The van der Waals surface area contributed by atoms with Crippen LogP contribution < -0.4 is 14.4 Å². The summed E-state index contributed by atoms with van der Waals surface area (Å²) in [6.45, 7) is 4.09. The molecule has 1 aliphatic carbocycles. The monoisotopic (exact) mass is 440 g/mol. The van der Waals surface area contributed by atoms with E-state index in [0.29, 0.717) is 40.6 Å². The Kier molecular flexibility index (Phi) is 5.52. The number of pyridine rings is 1. The highest BCUT2D eigenvalue weighted by Crippen LogP contribution is 2.50. The lowest BCUT2D eigenvalue weighted by Crippen LogP contribution is -2.43. The van der Waals surface area contributed by atoms with E-state index >= 15 is 0 Å². The van der Waals surface area contributed by atoms with Crippen molar-refractivity contribution in [1.82, 2.24) is 4.98 Å². The molecule has 2 heterocycles. The number of methoxy groups -OCH3 is 2. The van der Waals surface area contributed by atoms with E-state index in [1.54, 1.807) is 29.4 Å². The number of nitrogens with zero attached hydrogens (tertiary/aromatic N) is 2. The first kappa shape index (κ1) is 21.4. The first-order valence-corrected chi connectivity index (χ1v) is 10.5. The molecule has 1 aromatic carbocycles. The zero-order chi connectivity index (χ0) is 22.3. The first-order chi connectivity index (χ1) is 14.8. The molecule has 1 unspecified atom stereocenters. The van der Waals surface area contributed by atoms with Crippen molar-refractivity contribution in [3.63, 3.8) is 0 Å². The molecule has 0 N–H and O–H groups in total. The van der Waals surface area contributed by atoms with Crippen molar-refractivity contribution >= 4 is 29.0 Å². The van der Waals surface area contributed by atoms with Crippen LogP contribution in [0, 0.1) is 5.41 Å². The number of hydrogen-bond donors (Lipinski definition) is 0. The van der Waals surface area contributed by atoms with Crippen LogP contribution in [-0.2, 0) is 9.59 Å². The topological polar surface area (TPSA) is 68.7 Å². The second-order valence-electron chi connectivity index (χ2n) is 8.73. The number of halogens is 1. The van der Waals surface area contributed by atoms with E-state index in [9.17, 15) is 9.59 Å². The van der Waals surface area contributed by atoms with Gasteiger partial charge in [0.2, 0.25) is 5.91 Å². The van der Waals surface area contributed by atoms with Gasteiger partial charge in [0.15, 0.2) is 5.78 Å². The third-order valence-electron chi connectivity index (χ3n) is 5.95. The van der Waals surface area contributed by atoms with Gasteiger partial charge in [0, 0.05) is 48.5 Å². The Bertz CT molecular complexity index is 1080. The van der Waals surface area contributed by atoms with E-state index in [1.807, 2.05) is 26.0 Å². The molecule has 4 rings (SSSR count). The van der Waals surface area contributed by atoms with Gasteiger partial charge in [-0.25, -0.2) is 0 Å². The fraction of sp³-hybridized carbons (Fsp3) is 0.375. The van der Waals surface area contributed by atoms with Gasteiger partial charge in [-0.1, -0.05) is 25.4 Å². The van der Waals surface area contributed by atoms with Crippen molar-refractivity contribution in [1.29, 1.82) is 0 Å². The van der Waals surface area contributed by atoms with Crippen LogP contribution in [0.25, 0.3) is 0 Å². The summed E-state index contributed by atoms with van der Waals surface area (Å²) in [6, 6.07) is 7.07. The van der Waals surface area contributed by atoms with Gasteiger partial charge in [-0.2, -0.15) is 0 Å². The number of ketones is 1. The molecule has 2 aromatic rings. The minimum atomic E-state index is -0.287. The molecular formula is C24H25ClN2O4. The summed E-state index contributed by atoms with van der Waals surface area (Å²) in [5.74, 6) is 0.593. The number of anilines is 1. The Hall–Kier alpha value is -2.86. The predicted molar refractivity (Wildman–Crippen MR) is 119 cm³/mol. The van der Waals surface area contributed by atoms with E-state index in [2.05, 4.69) is 4.98 Å². The number of benzene rings is 1. The summed E-state index contributed by atoms with van der Waals surface area (Å²) < 4.78 is 10.9. The zero-order valence-electron chi connectivity index (χ0n) is 18.1. The number of aromatic nitrogens is 1. The molecule has 2 aliphatic rings. The third-order valence-corrected chi connectivity index (χ3v) is 6.24. The van der Waals surface area contributed by atoms with E-state index in [-0.39, 0.29) is 29.4 Å². The van der Waals surface area contributed by atoms with Crippen LogP contribution in [0.1, 0.15) is 44.6 Å². The molecule has 31 heavy (non-hydrogen) atoms. The van der Waals surface area contributed by atoms with Gasteiger partial charge in [-0.05, 0) is 35.6 Å². The fourth-order valence-electron chi connectivity index (χ4n) is 4.59. The van der Waals surface area contributed by atoms with Gasteiger partial charge in [0.25, 0.3) is 0 Å². The molecule has 6 nitrogen and oxygen atoms in total. The second-order valence-corrected chi connectivity index (χ2v) is 9.13. The van der Waals surface area contributed by atoms with Crippen molar-refractivity contribution in [3.8, 4) is 11.5 Å². The van der Waals surface area contributed by atoms with E-state index in [1.165, 1.54) is 14.2 Å². The number of rotatable bonds is 4. The van der Waals surface area contributed by atoms with Crippen molar-refractivity contribution in [2.24, 2.45) is 5.41 Å². The smallest absolute Gasteiger partial charge is 0.232 e. The Labute approximate surface area is 186 Å². The molecule has 1 atom stereocenters. The number of carbonyl (C=O) groups excluding carboxylic acids is 2. The molecule has 0 saturated carbocycles. The van der Waals surface area contributed by atoms with Crippen LogP contribution in [0.3, 0.4) is 0 Å². The molecular weight excluding hydrogens is 416 g/mol. The SMILES string of the molecule is COc1cc(OC)c(N2C(=O)CC(c3ccncc3)C3=C2CC(C)(C)CC3=O)cc1Cl. The normalized spacial score (nSPS) is 20.5. The molecule has 1 aliphatic heterocycles. The quantitative estimate of drug-likeness (QED) is 0.675. The Morgan fingerprint density at radius 1 is 1.06 bits per heavy atom. The van der Waals surface area contributed by atoms with Gasteiger partial charge in [0.1, 0.15) is 11.5 Å². The average molecular weight is 441 g/mol. The van der Waals surface area contributed by atoms with Gasteiger partial charge in [-0.15, -0.1) is 0 Å². The molecule has 162 valence electrons. The van der Waals surface area contributed by atoms with Crippen molar-refractivity contribution in [2.45, 2.75) is 39.0 Å². The summed E-state index contributed by atoms with van der Waals surface area (Å²) in [4.78, 5) is 32.6. The number of hydrogen-bond acceptors (Lipinski definition) is 5. The van der Waals surface area contributed by atoms with E-state index < -0.39 is 0 Å². The molecule has 0 spiro atoms. The Balaban J connectivity index is 1.94. The lowest BCUT2D eigenvalue weighted by Gasteiger charge is -2.43. The lowest BCUT2D eigenvalue weighted by molar-refractivity contribution is -0.121. The molecule has 1 amide bonds. The van der Waals surface area contributed by atoms with Crippen molar-refractivity contribution in [2.75, 3.05) is 19.1 Å². The maximum Gasteiger partial charge on any atom is 0.232 e. The van der Waals surface area contributed by atoms with Gasteiger partial charge in [-0.3, -0.25) is 19.5 Å². The average Bonchev–Trinajstić information content (AvgIpc) is 2.72. The van der Waals surface area contributed by atoms with E-state index in [0.717, 1.165) is 11.3 Å². The van der Waals surface area contributed by atoms with E-state index in [4.69, 9.17) is 21.1 Å². The number of allylic oxidation sites excluding steroid dienone is 2. The van der Waals surface area contributed by atoms with Gasteiger partial charge < -0.3 is 9.47 Å². The molecule has 0 radical (unpaired) electrons. The highest BCUT2D eigenvalue weighted by molar-refractivity contribution is 6.32. The van der Waals surface area contributed by atoms with Crippen LogP contribution >= 0.6 is 11.6 Å². The Morgan fingerprint density at radius 3 is 2.39 bits per heavy atom. The summed E-state index contributed by atoms with van der Waals surface area (Å²) in [7, 11) is 3.06. The van der Waals surface area contributed by atoms with Crippen LogP contribution in [0.15, 0.2) is 47.9 Å². The Morgan fingerprint density at radius 2 is 1.74 bits per heavy atom. The minimum absolute atomic E-state index is 0.0733. The van der Waals surface area contributed by atoms with Crippen LogP contribution in [0.2, 0.25) is 5.02 Å². The zero-order valence-corrected chi connectivity index (χ0v) is 18.8. The van der Waals surface area contributed by atoms with Crippen molar-refractivity contribution in [3.05, 3.63) is 58.5 Å². The molecule has 1 aromatic heterocycles. The standard InChI is InChI=1S/C24H25ClN2O4/c1-24(2)12-18-23(19(28)13-24)15(14-5-7-26-8-6-14)9-22(29)27(18)17-10-16(25)20(30-3)11-21(17)31-4/h5-8,10-11,15H,9,12-13H2,1-4H3. The summed E-state index contributed by atoms with van der Waals surface area (Å²) in [6.07, 6.45) is 4.60. The third kappa shape index (κ3) is 3.81. The van der Waals surface area contributed by atoms with Crippen LogP contribution in [0.4, 0.5) is 5.69 Å². The first-order valence-electron chi connectivity index (χ1n) is 10.2.